The lowest BCUT2D eigenvalue weighted by Gasteiger charge is -2.28. The molecule has 164 valence electrons. The van der Waals surface area contributed by atoms with Crippen molar-refractivity contribution in [2.45, 2.75) is 91.2 Å². The Labute approximate surface area is 167 Å². The molecule has 6 heteroatoms. The van der Waals surface area contributed by atoms with Crippen LogP contribution in [0.5, 0.6) is 0 Å². The molecule has 0 aliphatic carbocycles. The highest BCUT2D eigenvalue weighted by Gasteiger charge is 2.22. The van der Waals surface area contributed by atoms with Gasteiger partial charge in [0.1, 0.15) is 0 Å². The molecule has 0 radical (unpaired) electrons. The van der Waals surface area contributed by atoms with Crippen LogP contribution < -0.4 is 11.1 Å². The maximum atomic E-state index is 6.20. The third kappa shape index (κ3) is 14.4. The van der Waals surface area contributed by atoms with Crippen LogP contribution in [-0.4, -0.2) is 70.5 Å². The minimum atomic E-state index is 0.0518. The number of rotatable bonds is 18. The standard InChI is InChI=1S/C21H46N2O4/c1-8-10-21(27-14-19(6)25-11-16(3)22)20(9-2)15-24-13-18(5)26-12-17(4)23-7/h16-21,23H,8-15,22H2,1-7H3. The molecule has 0 aromatic heterocycles. The number of nitrogens with one attached hydrogen (secondary N) is 1. The highest BCUT2D eigenvalue weighted by atomic mass is 16.5. The predicted octanol–water partition coefficient (Wildman–Crippen LogP) is 2.98. The van der Waals surface area contributed by atoms with Crippen molar-refractivity contribution in [3.05, 3.63) is 0 Å². The fourth-order valence-electron chi connectivity index (χ4n) is 2.68. The second kappa shape index (κ2) is 16.7. The summed E-state index contributed by atoms with van der Waals surface area (Å²) in [5.41, 5.74) is 5.74. The van der Waals surface area contributed by atoms with E-state index in [1.807, 2.05) is 20.9 Å². The smallest absolute Gasteiger partial charge is 0.0781 e. The number of ether oxygens (including phenoxy) is 4. The van der Waals surface area contributed by atoms with E-state index in [0.29, 0.717) is 45.0 Å². The second-order valence-corrected chi connectivity index (χ2v) is 7.82. The van der Waals surface area contributed by atoms with Crippen LogP contribution in [0.4, 0.5) is 0 Å². The molecule has 6 nitrogen and oxygen atoms in total. The molecule has 27 heavy (non-hydrogen) atoms. The van der Waals surface area contributed by atoms with Gasteiger partial charge in [0.25, 0.3) is 0 Å². The third-order valence-electron chi connectivity index (χ3n) is 4.62. The summed E-state index contributed by atoms with van der Waals surface area (Å²) in [6, 6.07) is 0.403. The van der Waals surface area contributed by atoms with Gasteiger partial charge >= 0.3 is 0 Å². The van der Waals surface area contributed by atoms with Gasteiger partial charge in [-0.2, -0.15) is 0 Å². The minimum absolute atomic E-state index is 0.0518. The zero-order valence-electron chi connectivity index (χ0n) is 18.8. The van der Waals surface area contributed by atoms with Crippen molar-refractivity contribution >= 4 is 0 Å². The molecule has 6 atom stereocenters. The van der Waals surface area contributed by atoms with Crippen LogP contribution >= 0.6 is 0 Å². The quantitative estimate of drug-likeness (QED) is 0.375. The van der Waals surface area contributed by atoms with Crippen LogP contribution in [0.1, 0.15) is 60.8 Å². The maximum absolute atomic E-state index is 6.20. The van der Waals surface area contributed by atoms with Crippen molar-refractivity contribution in [3.8, 4) is 0 Å². The van der Waals surface area contributed by atoms with E-state index in [9.17, 15) is 0 Å². The molecule has 0 bridgehead atoms. The van der Waals surface area contributed by atoms with Gasteiger partial charge in [-0.3, -0.25) is 0 Å². The lowest BCUT2D eigenvalue weighted by Crippen LogP contribution is -2.33. The number of nitrogens with two attached hydrogens (primary N) is 1. The molecule has 0 heterocycles. The average Bonchev–Trinajstić information content (AvgIpc) is 2.65. The van der Waals surface area contributed by atoms with Crippen LogP contribution in [0.3, 0.4) is 0 Å². The van der Waals surface area contributed by atoms with Gasteiger partial charge in [0, 0.05) is 18.0 Å². The Kier molecular flexibility index (Phi) is 16.5. The van der Waals surface area contributed by atoms with E-state index in [0.717, 1.165) is 19.3 Å². The Morgan fingerprint density at radius 3 is 2.00 bits per heavy atom. The van der Waals surface area contributed by atoms with E-state index in [4.69, 9.17) is 24.7 Å². The van der Waals surface area contributed by atoms with Gasteiger partial charge in [-0.25, -0.2) is 0 Å². The molecule has 0 aromatic rings. The van der Waals surface area contributed by atoms with E-state index in [1.165, 1.54) is 0 Å². The van der Waals surface area contributed by atoms with E-state index in [-0.39, 0.29) is 24.4 Å². The Hall–Kier alpha value is -0.240. The first kappa shape index (κ1) is 26.8. The van der Waals surface area contributed by atoms with Gasteiger partial charge in [0.05, 0.1) is 51.3 Å². The van der Waals surface area contributed by atoms with Crippen LogP contribution in [0, 0.1) is 5.92 Å². The molecule has 0 saturated carbocycles. The van der Waals surface area contributed by atoms with Gasteiger partial charge in [0.2, 0.25) is 0 Å². The van der Waals surface area contributed by atoms with Crippen LogP contribution in [0.25, 0.3) is 0 Å². The van der Waals surface area contributed by atoms with Gasteiger partial charge in [-0.15, -0.1) is 0 Å². The molecule has 0 fully saturated rings. The topological polar surface area (TPSA) is 75.0 Å². The lowest BCUT2D eigenvalue weighted by atomic mass is 9.96. The summed E-state index contributed by atoms with van der Waals surface area (Å²) in [5.74, 6) is 0.383. The molecule has 0 amide bonds. The van der Waals surface area contributed by atoms with E-state index >= 15 is 0 Å². The monoisotopic (exact) mass is 390 g/mol. The summed E-state index contributed by atoms with van der Waals surface area (Å²) < 4.78 is 23.7. The summed E-state index contributed by atoms with van der Waals surface area (Å²) in [6.45, 7) is 15.7. The highest BCUT2D eigenvalue weighted by molar-refractivity contribution is 4.70. The first-order chi connectivity index (χ1) is 12.8. The maximum Gasteiger partial charge on any atom is 0.0781 e. The fourth-order valence-corrected chi connectivity index (χ4v) is 2.68. The van der Waals surface area contributed by atoms with Gasteiger partial charge in [0.15, 0.2) is 0 Å². The number of hydrogen-bond acceptors (Lipinski definition) is 6. The van der Waals surface area contributed by atoms with Crippen LogP contribution in [-0.2, 0) is 18.9 Å². The van der Waals surface area contributed by atoms with Crippen molar-refractivity contribution < 1.29 is 18.9 Å². The SMILES string of the molecule is CCCC(OCC(C)OCC(C)N)C(CC)COCC(C)OCC(C)NC. The average molecular weight is 391 g/mol. The summed E-state index contributed by atoms with van der Waals surface area (Å²) in [6.07, 6.45) is 3.51. The molecule has 0 saturated heterocycles. The van der Waals surface area contributed by atoms with Crippen LogP contribution in [0.2, 0.25) is 0 Å². The molecule has 3 N–H and O–H groups in total. The molecule has 0 aliphatic heterocycles. The summed E-state index contributed by atoms with van der Waals surface area (Å²) in [7, 11) is 1.94. The second-order valence-electron chi connectivity index (χ2n) is 7.82. The van der Waals surface area contributed by atoms with Crippen molar-refractivity contribution in [1.29, 1.82) is 0 Å². The molecular formula is C21H46N2O4. The Morgan fingerprint density at radius 2 is 1.44 bits per heavy atom. The zero-order valence-corrected chi connectivity index (χ0v) is 18.8. The summed E-state index contributed by atoms with van der Waals surface area (Å²) in [4.78, 5) is 0. The Balaban J connectivity index is 4.26. The molecule has 0 aliphatic rings. The molecule has 6 unspecified atom stereocenters. The zero-order chi connectivity index (χ0) is 20.7. The van der Waals surface area contributed by atoms with E-state index < -0.39 is 0 Å². The molecule has 0 rings (SSSR count). The summed E-state index contributed by atoms with van der Waals surface area (Å²) >= 11 is 0. The van der Waals surface area contributed by atoms with Gasteiger partial charge in [-0.1, -0.05) is 20.3 Å². The number of likely N-dealkylation sites (N-methyl/N-ethyl adjacent to an activating group) is 1. The predicted molar refractivity (Wildman–Crippen MR) is 112 cm³/mol. The van der Waals surface area contributed by atoms with Crippen molar-refractivity contribution in [2.24, 2.45) is 11.7 Å². The molecule has 0 spiro atoms. The highest BCUT2D eigenvalue weighted by Crippen LogP contribution is 2.19. The van der Waals surface area contributed by atoms with E-state index in [2.05, 4.69) is 33.0 Å². The van der Waals surface area contributed by atoms with Gasteiger partial charge < -0.3 is 30.0 Å². The minimum Gasteiger partial charge on any atom is -0.378 e. The molecule has 0 aromatic carbocycles. The Bertz CT molecular complexity index is 331. The molecular weight excluding hydrogens is 344 g/mol. The first-order valence-corrected chi connectivity index (χ1v) is 10.7. The van der Waals surface area contributed by atoms with Crippen molar-refractivity contribution in [3.63, 3.8) is 0 Å². The fraction of sp³-hybridized carbons (Fsp3) is 1.00. The van der Waals surface area contributed by atoms with E-state index in [1.54, 1.807) is 0 Å². The third-order valence-corrected chi connectivity index (χ3v) is 4.62. The van der Waals surface area contributed by atoms with Crippen molar-refractivity contribution in [1.82, 2.24) is 5.32 Å². The lowest BCUT2D eigenvalue weighted by molar-refractivity contribution is -0.0812. The first-order valence-electron chi connectivity index (χ1n) is 10.7. The van der Waals surface area contributed by atoms with Gasteiger partial charge in [-0.05, 0) is 47.6 Å². The van der Waals surface area contributed by atoms with Crippen LogP contribution in [0.15, 0.2) is 0 Å². The van der Waals surface area contributed by atoms with Crippen molar-refractivity contribution in [2.75, 3.05) is 40.1 Å². The Morgan fingerprint density at radius 1 is 0.815 bits per heavy atom. The normalized spacial score (nSPS) is 18.7. The number of hydrogen-bond donors (Lipinski definition) is 2. The largest absolute Gasteiger partial charge is 0.378 e. The summed E-state index contributed by atoms with van der Waals surface area (Å²) in [5, 5.41) is 3.17.